The van der Waals surface area contributed by atoms with Gasteiger partial charge in [0, 0.05) is 43.6 Å². The van der Waals surface area contributed by atoms with E-state index >= 15 is 0 Å². The van der Waals surface area contributed by atoms with E-state index in [0.717, 1.165) is 17.2 Å². The maximum atomic E-state index is 4.32. The van der Waals surface area contributed by atoms with E-state index in [0.29, 0.717) is 0 Å². The maximum Gasteiger partial charge on any atom is 0.123 e. The molecule has 0 aliphatic heterocycles. The molecule has 2 aromatic heterocycles. The van der Waals surface area contributed by atoms with Gasteiger partial charge in [0.15, 0.2) is 0 Å². The molecule has 102 valence electrons. The van der Waals surface area contributed by atoms with Crippen molar-refractivity contribution in [2.24, 2.45) is 0 Å². The van der Waals surface area contributed by atoms with Gasteiger partial charge in [0.05, 0.1) is 0 Å². The van der Waals surface area contributed by atoms with Gasteiger partial charge in [-0.2, -0.15) is 0 Å². The van der Waals surface area contributed by atoms with Crippen LogP contribution in [0, 0.1) is 6.92 Å². The molecule has 0 radical (unpaired) electrons. The topological polar surface area (TPSA) is 24.9 Å². The summed E-state index contributed by atoms with van der Waals surface area (Å²) >= 11 is 7.03. The van der Waals surface area contributed by atoms with E-state index in [4.69, 9.17) is 0 Å². The van der Waals surface area contributed by atoms with Crippen molar-refractivity contribution in [2.75, 3.05) is 5.32 Å². The highest BCUT2D eigenvalue weighted by atomic mass is 79.9. The molecule has 0 atom stereocenters. The van der Waals surface area contributed by atoms with Crippen LogP contribution in [0.1, 0.15) is 9.75 Å². The summed E-state index contributed by atoms with van der Waals surface area (Å²) in [7, 11) is 0. The van der Waals surface area contributed by atoms with Crippen LogP contribution < -0.4 is 5.32 Å². The largest absolute Gasteiger partial charge is 0.380 e. The van der Waals surface area contributed by atoms with E-state index in [1.807, 2.05) is 22.9 Å². The van der Waals surface area contributed by atoms with Crippen LogP contribution >= 0.6 is 38.6 Å². The number of nitrogens with one attached hydrogen (secondary N) is 1. The Balaban J connectivity index is 1.66. The van der Waals surface area contributed by atoms with Gasteiger partial charge >= 0.3 is 0 Å². The third kappa shape index (κ3) is 3.11. The summed E-state index contributed by atoms with van der Waals surface area (Å²) in [5.41, 5.74) is 2.30. The zero-order valence-electron chi connectivity index (χ0n) is 10.9. The second kappa shape index (κ2) is 6.08. The highest BCUT2D eigenvalue weighted by molar-refractivity contribution is 9.10. The van der Waals surface area contributed by atoms with Crippen LogP contribution in [0.4, 0.5) is 5.69 Å². The van der Waals surface area contributed by atoms with Crippen LogP contribution in [-0.4, -0.2) is 4.98 Å². The van der Waals surface area contributed by atoms with Gasteiger partial charge in [-0.1, -0.05) is 0 Å². The van der Waals surface area contributed by atoms with Gasteiger partial charge in [0.2, 0.25) is 0 Å². The van der Waals surface area contributed by atoms with Crippen molar-refractivity contribution < 1.29 is 0 Å². The molecule has 0 amide bonds. The normalized spacial score (nSPS) is 10.7. The summed E-state index contributed by atoms with van der Waals surface area (Å²) in [6.45, 7) is 2.98. The molecule has 5 heteroatoms. The molecule has 3 aromatic rings. The molecule has 0 spiro atoms. The van der Waals surface area contributed by atoms with Gasteiger partial charge in [-0.05, 0) is 53.2 Å². The highest BCUT2D eigenvalue weighted by Crippen LogP contribution is 2.27. The van der Waals surface area contributed by atoms with Crippen LogP contribution in [0.25, 0.3) is 10.6 Å². The van der Waals surface area contributed by atoms with E-state index < -0.39 is 0 Å². The van der Waals surface area contributed by atoms with Crippen molar-refractivity contribution in [1.29, 1.82) is 0 Å². The number of rotatable bonds is 4. The summed E-state index contributed by atoms with van der Waals surface area (Å²) in [6.07, 6.45) is 1.84. The molecule has 2 heterocycles. The van der Waals surface area contributed by atoms with Crippen molar-refractivity contribution in [3.05, 3.63) is 56.1 Å². The second-order valence-corrected chi connectivity index (χ2v) is 7.47. The number of benzene rings is 1. The van der Waals surface area contributed by atoms with Crippen molar-refractivity contribution in [2.45, 2.75) is 13.5 Å². The first-order valence-electron chi connectivity index (χ1n) is 6.21. The molecule has 0 fully saturated rings. The molecule has 0 saturated carbocycles. The van der Waals surface area contributed by atoms with E-state index in [1.54, 1.807) is 11.3 Å². The monoisotopic (exact) mass is 364 g/mol. The molecule has 2 nitrogen and oxygen atoms in total. The number of hydrogen-bond acceptors (Lipinski definition) is 4. The Morgan fingerprint density at radius 1 is 1.25 bits per heavy atom. The zero-order chi connectivity index (χ0) is 13.9. The fourth-order valence-corrected chi connectivity index (χ4v) is 4.08. The number of nitrogens with zero attached hydrogens (tertiary/aromatic N) is 1. The van der Waals surface area contributed by atoms with Gasteiger partial charge in [-0.3, -0.25) is 0 Å². The lowest BCUT2D eigenvalue weighted by molar-refractivity contribution is 1.19. The Bertz CT molecular complexity index is 668. The minimum atomic E-state index is 0.855. The van der Waals surface area contributed by atoms with Crippen molar-refractivity contribution >= 4 is 44.3 Å². The van der Waals surface area contributed by atoms with Gasteiger partial charge < -0.3 is 5.32 Å². The fourth-order valence-electron chi connectivity index (χ4n) is 1.89. The van der Waals surface area contributed by atoms with Crippen LogP contribution in [0.3, 0.4) is 0 Å². The summed E-state index contributed by atoms with van der Waals surface area (Å²) in [5, 5.41) is 6.51. The first-order chi connectivity index (χ1) is 9.72. The Morgan fingerprint density at radius 3 is 2.65 bits per heavy atom. The average molecular weight is 365 g/mol. The molecule has 0 bridgehead atoms. The number of thiazole rings is 1. The Morgan fingerprint density at radius 2 is 2.05 bits per heavy atom. The summed E-state index contributed by atoms with van der Waals surface area (Å²) in [6, 6.07) is 10.6. The first kappa shape index (κ1) is 13.8. The molecule has 0 aliphatic rings. The average Bonchev–Trinajstić information content (AvgIpc) is 3.08. The van der Waals surface area contributed by atoms with Crippen LogP contribution in [0.2, 0.25) is 0 Å². The Hall–Kier alpha value is -1.17. The molecular weight excluding hydrogens is 352 g/mol. The number of aryl methyl sites for hydroxylation is 1. The number of hydrogen-bond donors (Lipinski definition) is 1. The van der Waals surface area contributed by atoms with Crippen LogP contribution in [-0.2, 0) is 6.54 Å². The number of anilines is 1. The fraction of sp³-hybridized carbons (Fsp3) is 0.133. The summed E-state index contributed by atoms with van der Waals surface area (Å²) in [4.78, 5) is 6.97. The van der Waals surface area contributed by atoms with Crippen LogP contribution in [0.15, 0.2) is 46.4 Å². The van der Waals surface area contributed by atoms with Crippen molar-refractivity contribution in [3.63, 3.8) is 0 Å². The third-order valence-corrected chi connectivity index (χ3v) is 5.90. The van der Waals surface area contributed by atoms with Crippen molar-refractivity contribution in [3.8, 4) is 10.6 Å². The van der Waals surface area contributed by atoms with Gasteiger partial charge in [-0.15, -0.1) is 22.7 Å². The van der Waals surface area contributed by atoms with Gasteiger partial charge in [-0.25, -0.2) is 4.98 Å². The molecular formula is C15H13BrN2S2. The first-order valence-corrected chi connectivity index (χ1v) is 8.70. The second-order valence-electron chi connectivity index (χ2n) is 4.38. The van der Waals surface area contributed by atoms with E-state index in [9.17, 15) is 0 Å². The predicted molar refractivity (Wildman–Crippen MR) is 91.6 cm³/mol. The standard InChI is InChI=1S/C15H13BrN2S2/c1-10-14(16)8-13(20-10)9-18-12-4-2-11(3-5-12)15-17-6-7-19-15/h2-8,18H,9H2,1H3. The van der Waals surface area contributed by atoms with Crippen molar-refractivity contribution in [1.82, 2.24) is 4.98 Å². The number of aromatic nitrogens is 1. The molecule has 1 N–H and O–H groups in total. The third-order valence-electron chi connectivity index (χ3n) is 2.94. The van der Waals surface area contributed by atoms with E-state index in [2.05, 4.69) is 63.5 Å². The predicted octanol–water partition coefficient (Wildman–Crippen LogP) is 5.55. The highest BCUT2D eigenvalue weighted by Gasteiger charge is 2.03. The lowest BCUT2D eigenvalue weighted by Gasteiger charge is -2.05. The lowest BCUT2D eigenvalue weighted by Crippen LogP contribution is -1.96. The van der Waals surface area contributed by atoms with Gasteiger partial charge in [0.25, 0.3) is 0 Å². The molecule has 0 unspecified atom stereocenters. The molecule has 3 rings (SSSR count). The van der Waals surface area contributed by atoms with E-state index in [1.165, 1.54) is 19.8 Å². The number of thiophene rings is 1. The summed E-state index contributed by atoms with van der Waals surface area (Å²) in [5.74, 6) is 0. The minimum absolute atomic E-state index is 0.855. The lowest BCUT2D eigenvalue weighted by atomic mass is 10.2. The maximum absolute atomic E-state index is 4.32. The quantitative estimate of drug-likeness (QED) is 0.655. The smallest absolute Gasteiger partial charge is 0.123 e. The molecule has 1 aromatic carbocycles. The molecule has 0 aliphatic carbocycles. The SMILES string of the molecule is Cc1sc(CNc2ccc(-c3nccs3)cc2)cc1Br. The number of halogens is 1. The minimum Gasteiger partial charge on any atom is -0.380 e. The molecule has 20 heavy (non-hydrogen) atoms. The van der Waals surface area contributed by atoms with Gasteiger partial charge in [0.1, 0.15) is 5.01 Å². The summed E-state index contributed by atoms with van der Waals surface area (Å²) < 4.78 is 1.19. The van der Waals surface area contributed by atoms with Crippen LogP contribution in [0.5, 0.6) is 0 Å². The zero-order valence-corrected chi connectivity index (χ0v) is 14.1. The van der Waals surface area contributed by atoms with E-state index in [-0.39, 0.29) is 0 Å². The molecule has 0 saturated heterocycles. The Kier molecular flexibility index (Phi) is 4.19. The Labute approximate surface area is 134 Å².